The molecule has 1 heterocycles. The number of imidazole rings is 1. The molecule has 0 spiro atoms. The average Bonchev–Trinajstić information content (AvgIpc) is 2.86. The van der Waals surface area contributed by atoms with Crippen LogP contribution in [0.2, 0.25) is 5.02 Å². The highest BCUT2D eigenvalue weighted by Gasteiger charge is 2.19. The number of methoxy groups -OCH3 is 1. The number of rotatable bonds is 5. The third kappa shape index (κ3) is 2.79. The fraction of sp³-hybridized carbons (Fsp3) is 0.286. The molecule has 2 aromatic rings. The van der Waals surface area contributed by atoms with Crippen molar-refractivity contribution < 1.29 is 9.53 Å². The number of carbonyl (C=O) groups is 1. The van der Waals surface area contributed by atoms with Crippen molar-refractivity contribution in [3.05, 3.63) is 47.0 Å². The van der Waals surface area contributed by atoms with E-state index in [1.165, 1.54) is 7.11 Å². The van der Waals surface area contributed by atoms with Gasteiger partial charge in [-0.1, -0.05) is 18.5 Å². The first-order valence-corrected chi connectivity index (χ1v) is 6.44. The summed E-state index contributed by atoms with van der Waals surface area (Å²) in [5, 5.41) is 0.498. The number of hydrogen-bond acceptors (Lipinski definition) is 3. The van der Waals surface area contributed by atoms with Gasteiger partial charge in [-0.05, 0) is 24.6 Å². The molecule has 0 aliphatic heterocycles. The van der Waals surface area contributed by atoms with Crippen molar-refractivity contribution in [3.63, 3.8) is 0 Å². The molecule has 0 amide bonds. The van der Waals surface area contributed by atoms with E-state index in [4.69, 9.17) is 16.3 Å². The van der Waals surface area contributed by atoms with Gasteiger partial charge in [-0.2, -0.15) is 0 Å². The summed E-state index contributed by atoms with van der Waals surface area (Å²) in [5.74, 6) is 0.723. The van der Waals surface area contributed by atoms with Gasteiger partial charge in [0.15, 0.2) is 5.82 Å². The minimum atomic E-state index is -0.183. The van der Waals surface area contributed by atoms with E-state index < -0.39 is 0 Å². The molecule has 1 aromatic heterocycles. The van der Waals surface area contributed by atoms with Crippen molar-refractivity contribution in [1.82, 2.24) is 9.55 Å². The lowest BCUT2D eigenvalue weighted by Crippen LogP contribution is -2.12. The Morgan fingerprint density at radius 2 is 2.26 bits per heavy atom. The molecule has 19 heavy (non-hydrogen) atoms. The summed E-state index contributed by atoms with van der Waals surface area (Å²) in [5.41, 5.74) is 0.429. The molecule has 4 nitrogen and oxygen atoms in total. The van der Waals surface area contributed by atoms with Crippen molar-refractivity contribution >= 4 is 17.4 Å². The second-order valence-corrected chi connectivity index (χ2v) is 4.55. The summed E-state index contributed by atoms with van der Waals surface area (Å²) in [6.45, 7) is 2.80. The number of benzene rings is 1. The van der Waals surface area contributed by atoms with Crippen molar-refractivity contribution in [3.8, 4) is 5.75 Å². The van der Waals surface area contributed by atoms with Crippen LogP contribution in [0.1, 0.15) is 29.5 Å². The van der Waals surface area contributed by atoms with Crippen LogP contribution in [0.5, 0.6) is 5.75 Å². The van der Waals surface area contributed by atoms with Gasteiger partial charge in [0.2, 0.25) is 5.78 Å². The quantitative estimate of drug-likeness (QED) is 0.789. The monoisotopic (exact) mass is 278 g/mol. The number of ether oxygens (including phenoxy) is 1. The standard InChI is InChI=1S/C14H15ClN2O2/c1-3-7-17-8-6-16-14(17)13(18)11-9-10(15)4-5-12(11)19-2/h4-6,8-9H,3,7H2,1-2H3. The molecule has 1 aromatic carbocycles. The molecule has 0 N–H and O–H groups in total. The number of halogens is 1. The largest absolute Gasteiger partial charge is 0.496 e. The van der Waals surface area contributed by atoms with E-state index in [0.717, 1.165) is 13.0 Å². The third-order valence-electron chi connectivity index (χ3n) is 2.79. The summed E-state index contributed by atoms with van der Waals surface area (Å²) in [6, 6.07) is 4.98. The van der Waals surface area contributed by atoms with E-state index in [0.29, 0.717) is 22.2 Å². The smallest absolute Gasteiger partial charge is 0.232 e. The zero-order valence-electron chi connectivity index (χ0n) is 10.9. The predicted octanol–water partition coefficient (Wildman–Crippen LogP) is 3.19. The predicted molar refractivity (Wildman–Crippen MR) is 74.0 cm³/mol. The van der Waals surface area contributed by atoms with Crippen LogP contribution in [-0.2, 0) is 6.54 Å². The summed E-state index contributed by atoms with van der Waals surface area (Å²) >= 11 is 5.95. The zero-order chi connectivity index (χ0) is 13.8. The summed E-state index contributed by atoms with van der Waals surface area (Å²) in [6.07, 6.45) is 4.36. The topological polar surface area (TPSA) is 44.1 Å². The Labute approximate surface area is 117 Å². The second-order valence-electron chi connectivity index (χ2n) is 4.12. The highest BCUT2D eigenvalue weighted by molar-refractivity contribution is 6.31. The number of nitrogens with zero attached hydrogens (tertiary/aromatic N) is 2. The minimum absolute atomic E-state index is 0.183. The number of hydrogen-bond donors (Lipinski definition) is 0. The highest BCUT2D eigenvalue weighted by Crippen LogP contribution is 2.24. The Hall–Kier alpha value is -1.81. The van der Waals surface area contributed by atoms with Gasteiger partial charge in [-0.25, -0.2) is 4.98 Å². The minimum Gasteiger partial charge on any atom is -0.496 e. The lowest BCUT2D eigenvalue weighted by Gasteiger charge is -2.09. The van der Waals surface area contributed by atoms with Gasteiger partial charge in [0.25, 0.3) is 0 Å². The molecule has 0 radical (unpaired) electrons. The van der Waals surface area contributed by atoms with Gasteiger partial charge >= 0.3 is 0 Å². The van der Waals surface area contributed by atoms with Crippen molar-refractivity contribution in [2.45, 2.75) is 19.9 Å². The Morgan fingerprint density at radius 1 is 1.47 bits per heavy atom. The van der Waals surface area contributed by atoms with Crippen LogP contribution >= 0.6 is 11.6 Å². The van der Waals surface area contributed by atoms with Crippen LogP contribution in [0.15, 0.2) is 30.6 Å². The normalized spacial score (nSPS) is 10.5. The van der Waals surface area contributed by atoms with Gasteiger partial charge in [-0.15, -0.1) is 0 Å². The van der Waals surface area contributed by atoms with Gasteiger partial charge < -0.3 is 9.30 Å². The molecule has 0 atom stereocenters. The van der Waals surface area contributed by atoms with Crippen LogP contribution in [0.4, 0.5) is 0 Å². The van der Waals surface area contributed by atoms with Crippen LogP contribution in [0.25, 0.3) is 0 Å². The number of carbonyl (C=O) groups excluding carboxylic acids is 1. The molecule has 0 aliphatic carbocycles. The number of aryl methyl sites for hydroxylation is 1. The van der Waals surface area contributed by atoms with E-state index in [1.54, 1.807) is 30.6 Å². The van der Waals surface area contributed by atoms with Gasteiger partial charge in [0, 0.05) is 24.0 Å². The maximum atomic E-state index is 12.5. The molecular formula is C14H15ClN2O2. The van der Waals surface area contributed by atoms with Gasteiger partial charge in [0.05, 0.1) is 12.7 Å². The van der Waals surface area contributed by atoms with Crippen molar-refractivity contribution in [2.24, 2.45) is 0 Å². The molecule has 2 rings (SSSR count). The molecule has 5 heteroatoms. The zero-order valence-corrected chi connectivity index (χ0v) is 11.6. The van der Waals surface area contributed by atoms with E-state index in [2.05, 4.69) is 4.98 Å². The van der Waals surface area contributed by atoms with Crippen LogP contribution in [-0.4, -0.2) is 22.4 Å². The lowest BCUT2D eigenvalue weighted by molar-refractivity contribution is 0.102. The third-order valence-corrected chi connectivity index (χ3v) is 3.02. The molecule has 0 bridgehead atoms. The van der Waals surface area contributed by atoms with Gasteiger partial charge in [-0.3, -0.25) is 4.79 Å². The molecule has 0 aliphatic rings. The summed E-state index contributed by atoms with van der Waals surface area (Å²) in [4.78, 5) is 16.6. The second kappa shape index (κ2) is 5.89. The molecule has 0 saturated heterocycles. The van der Waals surface area contributed by atoms with E-state index in [9.17, 15) is 4.79 Å². The van der Waals surface area contributed by atoms with Crippen LogP contribution in [0, 0.1) is 0 Å². The Kier molecular flexibility index (Phi) is 4.22. The van der Waals surface area contributed by atoms with Crippen LogP contribution < -0.4 is 4.74 Å². The average molecular weight is 279 g/mol. The highest BCUT2D eigenvalue weighted by atomic mass is 35.5. The van der Waals surface area contributed by atoms with Crippen molar-refractivity contribution in [2.75, 3.05) is 7.11 Å². The summed E-state index contributed by atoms with van der Waals surface area (Å²) < 4.78 is 7.04. The lowest BCUT2D eigenvalue weighted by atomic mass is 10.1. The molecule has 0 unspecified atom stereocenters. The summed E-state index contributed by atoms with van der Waals surface area (Å²) in [7, 11) is 1.53. The fourth-order valence-corrected chi connectivity index (χ4v) is 2.09. The maximum absolute atomic E-state index is 12.5. The van der Waals surface area contributed by atoms with Crippen molar-refractivity contribution in [1.29, 1.82) is 0 Å². The molecule has 0 saturated carbocycles. The Morgan fingerprint density at radius 3 is 2.95 bits per heavy atom. The molecular weight excluding hydrogens is 264 g/mol. The molecule has 0 fully saturated rings. The van der Waals surface area contributed by atoms with E-state index >= 15 is 0 Å². The first-order valence-electron chi connectivity index (χ1n) is 6.06. The number of ketones is 1. The number of aromatic nitrogens is 2. The fourth-order valence-electron chi connectivity index (χ4n) is 1.92. The molecule has 100 valence electrons. The van der Waals surface area contributed by atoms with E-state index in [-0.39, 0.29) is 5.78 Å². The first kappa shape index (κ1) is 13.6. The van der Waals surface area contributed by atoms with Gasteiger partial charge in [0.1, 0.15) is 5.75 Å². The Balaban J connectivity index is 2.43. The van der Waals surface area contributed by atoms with E-state index in [1.807, 2.05) is 11.5 Å². The first-order chi connectivity index (χ1) is 9.17. The van der Waals surface area contributed by atoms with Crippen LogP contribution in [0.3, 0.4) is 0 Å². The Bertz CT molecular complexity index is 593. The SMILES string of the molecule is CCCn1ccnc1C(=O)c1cc(Cl)ccc1OC. The maximum Gasteiger partial charge on any atom is 0.232 e.